The van der Waals surface area contributed by atoms with Gasteiger partial charge in [0.1, 0.15) is 5.82 Å². The summed E-state index contributed by atoms with van der Waals surface area (Å²) in [6.07, 6.45) is 5.48. The normalized spacial score (nSPS) is 14.2. The molecule has 1 aliphatic carbocycles. The number of aromatic nitrogens is 1. The molecule has 1 heterocycles. The molecule has 24 heavy (non-hydrogen) atoms. The number of amides is 1. The summed E-state index contributed by atoms with van der Waals surface area (Å²) in [5.41, 5.74) is 0.671. The van der Waals surface area contributed by atoms with E-state index >= 15 is 0 Å². The number of hydrogen-bond donors (Lipinski definition) is 1. The molecule has 0 unspecified atom stereocenters. The Hall–Kier alpha value is -2.48. The number of benzene rings is 1. The highest BCUT2D eigenvalue weighted by Crippen LogP contribution is 2.38. The third-order valence-electron chi connectivity index (χ3n) is 3.60. The molecule has 1 amide bonds. The Labute approximate surface area is 139 Å². The van der Waals surface area contributed by atoms with Crippen LogP contribution in [-0.2, 0) is 10.0 Å². The van der Waals surface area contributed by atoms with Crippen molar-refractivity contribution in [1.82, 2.24) is 4.98 Å². The summed E-state index contributed by atoms with van der Waals surface area (Å²) in [6.45, 7) is 0. The first-order chi connectivity index (χ1) is 11.4. The van der Waals surface area contributed by atoms with Gasteiger partial charge in [0.15, 0.2) is 0 Å². The van der Waals surface area contributed by atoms with Crippen LogP contribution in [0.15, 0.2) is 42.7 Å². The molecule has 0 radical (unpaired) electrons. The van der Waals surface area contributed by atoms with Gasteiger partial charge in [-0.05, 0) is 43.2 Å². The number of hydrogen-bond acceptors (Lipinski definition) is 4. The van der Waals surface area contributed by atoms with Gasteiger partial charge in [-0.1, -0.05) is 0 Å². The third kappa shape index (κ3) is 3.53. The lowest BCUT2D eigenvalue weighted by Gasteiger charge is -2.25. The van der Waals surface area contributed by atoms with Gasteiger partial charge in [0.05, 0.1) is 23.2 Å². The molecule has 1 fully saturated rings. The molecule has 3 rings (SSSR count). The van der Waals surface area contributed by atoms with E-state index in [1.807, 2.05) is 0 Å². The Morgan fingerprint density at radius 2 is 2.08 bits per heavy atom. The van der Waals surface area contributed by atoms with Crippen molar-refractivity contribution in [2.75, 3.05) is 15.9 Å². The van der Waals surface area contributed by atoms with Crippen LogP contribution in [0.4, 0.5) is 15.8 Å². The summed E-state index contributed by atoms with van der Waals surface area (Å²) >= 11 is 0. The minimum absolute atomic E-state index is 0.112. The minimum Gasteiger partial charge on any atom is -0.320 e. The van der Waals surface area contributed by atoms with Gasteiger partial charge < -0.3 is 5.32 Å². The van der Waals surface area contributed by atoms with E-state index in [0.29, 0.717) is 5.56 Å². The van der Waals surface area contributed by atoms with E-state index in [1.165, 1.54) is 28.8 Å². The molecule has 1 aliphatic rings. The third-order valence-corrected chi connectivity index (χ3v) is 4.81. The summed E-state index contributed by atoms with van der Waals surface area (Å²) in [5.74, 6) is -1.05. The van der Waals surface area contributed by atoms with E-state index in [0.717, 1.165) is 25.2 Å². The molecule has 1 aromatic heterocycles. The second-order valence-corrected chi connectivity index (χ2v) is 7.51. The first kappa shape index (κ1) is 16.4. The molecule has 0 bridgehead atoms. The lowest BCUT2D eigenvalue weighted by molar-refractivity contribution is 0.102. The zero-order chi connectivity index (χ0) is 17.3. The van der Waals surface area contributed by atoms with E-state index in [1.54, 1.807) is 12.1 Å². The highest BCUT2D eigenvalue weighted by Gasteiger charge is 2.36. The van der Waals surface area contributed by atoms with Gasteiger partial charge in [-0.3, -0.25) is 14.1 Å². The van der Waals surface area contributed by atoms with E-state index in [2.05, 4.69) is 10.3 Å². The Balaban J connectivity index is 1.98. The fourth-order valence-electron chi connectivity index (χ4n) is 2.45. The van der Waals surface area contributed by atoms with Crippen molar-refractivity contribution in [3.8, 4) is 0 Å². The predicted octanol–water partition coefficient (Wildman–Crippen LogP) is 2.40. The molecule has 1 N–H and O–H groups in total. The summed E-state index contributed by atoms with van der Waals surface area (Å²) in [6, 6.07) is 6.68. The van der Waals surface area contributed by atoms with Gasteiger partial charge >= 0.3 is 0 Å². The molecule has 8 heteroatoms. The van der Waals surface area contributed by atoms with Crippen molar-refractivity contribution in [3.63, 3.8) is 0 Å². The summed E-state index contributed by atoms with van der Waals surface area (Å²) < 4.78 is 39.1. The average Bonchev–Trinajstić information content (AvgIpc) is 3.34. The second-order valence-electron chi connectivity index (χ2n) is 5.65. The van der Waals surface area contributed by atoms with Crippen LogP contribution in [0.5, 0.6) is 0 Å². The average molecular weight is 349 g/mol. The Bertz CT molecular complexity index is 867. The quantitative estimate of drug-likeness (QED) is 0.899. The molecule has 0 saturated heterocycles. The van der Waals surface area contributed by atoms with Crippen molar-refractivity contribution >= 4 is 27.3 Å². The number of anilines is 2. The first-order valence-electron chi connectivity index (χ1n) is 7.36. The molecular formula is C16H16FN3O3S. The molecular weight excluding hydrogens is 333 g/mol. The highest BCUT2D eigenvalue weighted by atomic mass is 32.2. The minimum atomic E-state index is -3.54. The first-order valence-corrected chi connectivity index (χ1v) is 9.21. The van der Waals surface area contributed by atoms with Crippen LogP contribution >= 0.6 is 0 Å². The number of rotatable bonds is 5. The van der Waals surface area contributed by atoms with Gasteiger partial charge in [-0.2, -0.15) is 0 Å². The molecule has 6 nitrogen and oxygen atoms in total. The number of pyridine rings is 1. The highest BCUT2D eigenvalue weighted by molar-refractivity contribution is 7.92. The fraction of sp³-hybridized carbons (Fsp3) is 0.250. The number of halogens is 1. The number of sulfonamides is 1. The van der Waals surface area contributed by atoms with Crippen molar-refractivity contribution in [2.45, 2.75) is 18.9 Å². The van der Waals surface area contributed by atoms with Gasteiger partial charge in [0.25, 0.3) is 5.91 Å². The van der Waals surface area contributed by atoms with Crippen molar-refractivity contribution in [1.29, 1.82) is 0 Å². The van der Waals surface area contributed by atoms with Crippen LogP contribution in [0.3, 0.4) is 0 Å². The van der Waals surface area contributed by atoms with Crippen molar-refractivity contribution in [3.05, 3.63) is 54.1 Å². The summed E-state index contributed by atoms with van der Waals surface area (Å²) in [7, 11) is -3.54. The van der Waals surface area contributed by atoms with E-state index in [-0.39, 0.29) is 17.4 Å². The van der Waals surface area contributed by atoms with Crippen LogP contribution < -0.4 is 9.62 Å². The zero-order valence-corrected chi connectivity index (χ0v) is 13.8. The number of carbonyl (C=O) groups is 1. The maximum absolute atomic E-state index is 13.6. The van der Waals surface area contributed by atoms with E-state index < -0.39 is 21.7 Å². The van der Waals surface area contributed by atoms with Crippen molar-refractivity contribution in [2.24, 2.45) is 0 Å². The van der Waals surface area contributed by atoms with Crippen molar-refractivity contribution < 1.29 is 17.6 Å². The smallest absolute Gasteiger partial charge is 0.257 e. The Morgan fingerprint density at radius 1 is 1.33 bits per heavy atom. The lowest BCUT2D eigenvalue weighted by atomic mass is 10.2. The maximum atomic E-state index is 13.6. The summed E-state index contributed by atoms with van der Waals surface area (Å²) in [4.78, 5) is 16.2. The number of nitrogens with zero attached hydrogens (tertiary/aromatic N) is 2. The Morgan fingerprint density at radius 3 is 2.67 bits per heavy atom. The van der Waals surface area contributed by atoms with Crippen LogP contribution in [0.2, 0.25) is 0 Å². The van der Waals surface area contributed by atoms with E-state index in [9.17, 15) is 17.6 Å². The van der Waals surface area contributed by atoms with Crippen LogP contribution in [0.25, 0.3) is 0 Å². The molecule has 126 valence electrons. The van der Waals surface area contributed by atoms with Crippen LogP contribution in [-0.4, -0.2) is 31.6 Å². The largest absolute Gasteiger partial charge is 0.320 e. The Kier molecular flexibility index (Phi) is 4.23. The maximum Gasteiger partial charge on any atom is 0.257 e. The molecule has 0 atom stereocenters. The topological polar surface area (TPSA) is 79.4 Å². The van der Waals surface area contributed by atoms with Gasteiger partial charge in [0, 0.05) is 18.4 Å². The zero-order valence-electron chi connectivity index (χ0n) is 12.9. The summed E-state index contributed by atoms with van der Waals surface area (Å²) in [5, 5.41) is 2.58. The molecule has 1 aromatic carbocycles. The van der Waals surface area contributed by atoms with Gasteiger partial charge in [0.2, 0.25) is 10.0 Å². The van der Waals surface area contributed by atoms with Gasteiger partial charge in [-0.15, -0.1) is 0 Å². The molecule has 2 aromatic rings. The fourth-order valence-corrected chi connectivity index (χ4v) is 3.72. The second kappa shape index (κ2) is 6.20. The monoisotopic (exact) mass is 349 g/mol. The van der Waals surface area contributed by atoms with E-state index in [4.69, 9.17) is 0 Å². The molecule has 1 saturated carbocycles. The van der Waals surface area contributed by atoms with Crippen LogP contribution in [0, 0.1) is 5.82 Å². The molecule has 0 aliphatic heterocycles. The lowest BCUT2D eigenvalue weighted by Crippen LogP contribution is -2.33. The SMILES string of the molecule is CS(=O)(=O)N(c1ccc(F)cc1NC(=O)c1cccnc1)C1CC1. The predicted molar refractivity (Wildman–Crippen MR) is 88.9 cm³/mol. The van der Waals surface area contributed by atoms with Crippen LogP contribution in [0.1, 0.15) is 23.2 Å². The van der Waals surface area contributed by atoms with Gasteiger partial charge in [-0.25, -0.2) is 12.8 Å². The molecule has 0 spiro atoms. The number of nitrogens with one attached hydrogen (secondary N) is 1. The number of carbonyl (C=O) groups excluding carboxylic acids is 1. The standard InChI is InChI=1S/C16H16FN3O3S/c1-24(22,23)20(13-5-6-13)15-7-4-12(17)9-14(15)19-16(21)11-3-2-8-18-10-11/h2-4,7-10,13H,5-6H2,1H3,(H,19,21).